The van der Waals surface area contributed by atoms with E-state index in [2.05, 4.69) is 5.32 Å². The number of nitrogens with two attached hydrogens (primary N) is 1. The van der Waals surface area contributed by atoms with Gasteiger partial charge in [0.2, 0.25) is 5.91 Å². The third-order valence-electron chi connectivity index (χ3n) is 2.92. The SMILES string of the molecule is CC[C@H](C)[C@H](N)C(=O)Nc1ccc(C#N)c(Cl)c1. The number of carbonyl (C=O) groups is 1. The third-order valence-corrected chi connectivity index (χ3v) is 3.23. The van der Waals surface area contributed by atoms with Gasteiger partial charge in [-0.15, -0.1) is 0 Å². The summed E-state index contributed by atoms with van der Waals surface area (Å²) in [6.07, 6.45) is 0.836. The standard InChI is InChI=1S/C13H16ClN3O/c1-3-8(2)12(16)13(18)17-10-5-4-9(7-15)11(14)6-10/h4-6,8,12H,3,16H2,1-2H3,(H,17,18)/t8-,12-/m0/s1. The Morgan fingerprint density at radius 3 is 2.78 bits per heavy atom. The molecule has 5 heteroatoms. The van der Waals surface area contributed by atoms with E-state index in [9.17, 15) is 4.79 Å². The first-order valence-corrected chi connectivity index (χ1v) is 6.13. The van der Waals surface area contributed by atoms with E-state index < -0.39 is 6.04 Å². The van der Waals surface area contributed by atoms with Crippen molar-refractivity contribution in [2.75, 3.05) is 5.32 Å². The number of halogens is 1. The summed E-state index contributed by atoms with van der Waals surface area (Å²) in [7, 11) is 0. The van der Waals surface area contributed by atoms with Crippen LogP contribution in [0, 0.1) is 17.2 Å². The number of nitriles is 1. The summed E-state index contributed by atoms with van der Waals surface area (Å²) in [6, 6.07) is 6.14. The van der Waals surface area contributed by atoms with Crippen LogP contribution in [0.4, 0.5) is 5.69 Å². The summed E-state index contributed by atoms with van der Waals surface area (Å²) in [5, 5.41) is 11.7. The normalized spacial score (nSPS) is 13.5. The molecule has 0 heterocycles. The fraction of sp³-hybridized carbons (Fsp3) is 0.385. The summed E-state index contributed by atoms with van der Waals surface area (Å²) in [4.78, 5) is 11.8. The Labute approximate surface area is 112 Å². The van der Waals surface area contributed by atoms with Crippen molar-refractivity contribution in [3.63, 3.8) is 0 Å². The largest absolute Gasteiger partial charge is 0.325 e. The van der Waals surface area contributed by atoms with E-state index in [1.54, 1.807) is 18.2 Å². The van der Waals surface area contributed by atoms with E-state index in [0.717, 1.165) is 6.42 Å². The second kappa shape index (κ2) is 6.39. The molecule has 18 heavy (non-hydrogen) atoms. The van der Waals surface area contributed by atoms with Crippen LogP contribution in [0.25, 0.3) is 0 Å². The van der Waals surface area contributed by atoms with Gasteiger partial charge in [0, 0.05) is 5.69 Å². The third kappa shape index (κ3) is 3.46. The van der Waals surface area contributed by atoms with Crippen LogP contribution in [0.3, 0.4) is 0 Å². The number of carbonyl (C=O) groups excluding carboxylic acids is 1. The molecule has 1 amide bonds. The summed E-state index contributed by atoms with van der Waals surface area (Å²) in [5.74, 6) is -0.135. The minimum absolute atomic E-state index is 0.110. The molecule has 0 aliphatic heterocycles. The van der Waals surface area contributed by atoms with Gasteiger partial charge in [-0.2, -0.15) is 5.26 Å². The Hall–Kier alpha value is -1.57. The van der Waals surface area contributed by atoms with Gasteiger partial charge in [-0.3, -0.25) is 4.79 Å². The van der Waals surface area contributed by atoms with Crippen molar-refractivity contribution >= 4 is 23.2 Å². The van der Waals surface area contributed by atoms with Crippen molar-refractivity contribution in [2.45, 2.75) is 26.3 Å². The molecule has 0 saturated carbocycles. The number of amides is 1. The van der Waals surface area contributed by atoms with Crippen LogP contribution in [0.2, 0.25) is 5.02 Å². The fourth-order valence-electron chi connectivity index (χ4n) is 1.42. The lowest BCUT2D eigenvalue weighted by Gasteiger charge is -2.17. The van der Waals surface area contributed by atoms with Gasteiger partial charge >= 0.3 is 0 Å². The number of hydrogen-bond donors (Lipinski definition) is 2. The topological polar surface area (TPSA) is 78.9 Å². The molecule has 96 valence electrons. The van der Waals surface area contributed by atoms with Crippen molar-refractivity contribution in [1.29, 1.82) is 5.26 Å². The first-order valence-electron chi connectivity index (χ1n) is 5.75. The smallest absolute Gasteiger partial charge is 0.241 e. The Kier molecular flexibility index (Phi) is 5.14. The molecule has 0 bridgehead atoms. The highest BCUT2D eigenvalue weighted by molar-refractivity contribution is 6.32. The maximum absolute atomic E-state index is 11.8. The molecule has 4 nitrogen and oxygen atoms in total. The highest BCUT2D eigenvalue weighted by Gasteiger charge is 2.19. The Balaban J connectivity index is 2.77. The summed E-state index contributed by atoms with van der Waals surface area (Å²) in [5.41, 5.74) is 6.74. The number of nitrogens with zero attached hydrogens (tertiary/aromatic N) is 1. The summed E-state index contributed by atoms with van der Waals surface area (Å²) < 4.78 is 0. The molecule has 0 aliphatic carbocycles. The van der Waals surface area contributed by atoms with Crippen LogP contribution in [0.1, 0.15) is 25.8 Å². The maximum Gasteiger partial charge on any atom is 0.241 e. The second-order valence-electron chi connectivity index (χ2n) is 4.21. The van der Waals surface area contributed by atoms with Crippen LogP contribution in [0.5, 0.6) is 0 Å². The second-order valence-corrected chi connectivity index (χ2v) is 4.61. The molecule has 1 aromatic carbocycles. The molecule has 1 aromatic rings. The van der Waals surface area contributed by atoms with Gasteiger partial charge in [-0.25, -0.2) is 0 Å². The first kappa shape index (κ1) is 14.5. The summed E-state index contributed by atoms with van der Waals surface area (Å²) >= 11 is 5.88. The number of hydrogen-bond acceptors (Lipinski definition) is 3. The molecular formula is C13H16ClN3O. The molecule has 0 saturated heterocycles. The van der Waals surface area contributed by atoms with Crippen LogP contribution >= 0.6 is 11.6 Å². The van der Waals surface area contributed by atoms with E-state index in [4.69, 9.17) is 22.6 Å². The molecule has 0 radical (unpaired) electrons. The monoisotopic (exact) mass is 265 g/mol. The van der Waals surface area contributed by atoms with Crippen molar-refractivity contribution in [1.82, 2.24) is 0 Å². The van der Waals surface area contributed by atoms with Crippen molar-refractivity contribution in [3.05, 3.63) is 28.8 Å². The van der Waals surface area contributed by atoms with Crippen molar-refractivity contribution < 1.29 is 4.79 Å². The van der Waals surface area contributed by atoms with Gasteiger partial charge in [-0.05, 0) is 24.1 Å². The summed E-state index contributed by atoms with van der Waals surface area (Å²) in [6.45, 7) is 3.91. The lowest BCUT2D eigenvalue weighted by atomic mass is 9.99. The molecule has 1 rings (SSSR count). The molecule has 0 spiro atoms. The number of nitrogens with one attached hydrogen (secondary N) is 1. The number of rotatable bonds is 4. The van der Waals surface area contributed by atoms with Crippen LogP contribution in [-0.2, 0) is 4.79 Å². The van der Waals surface area contributed by atoms with Gasteiger partial charge in [-0.1, -0.05) is 31.9 Å². The highest BCUT2D eigenvalue weighted by atomic mass is 35.5. The minimum atomic E-state index is -0.551. The van der Waals surface area contributed by atoms with Gasteiger partial charge < -0.3 is 11.1 Å². The zero-order valence-corrected chi connectivity index (χ0v) is 11.2. The van der Waals surface area contributed by atoms with Crippen LogP contribution in [-0.4, -0.2) is 11.9 Å². The van der Waals surface area contributed by atoms with Gasteiger partial charge in [0.1, 0.15) is 6.07 Å². The van der Waals surface area contributed by atoms with E-state index >= 15 is 0 Å². The number of anilines is 1. The Bertz CT molecular complexity index is 482. The molecule has 0 fully saturated rings. The van der Waals surface area contributed by atoms with Crippen molar-refractivity contribution in [2.24, 2.45) is 11.7 Å². The van der Waals surface area contributed by atoms with E-state index in [1.807, 2.05) is 19.9 Å². The zero-order valence-electron chi connectivity index (χ0n) is 10.4. The average Bonchev–Trinajstić information content (AvgIpc) is 2.37. The molecule has 0 unspecified atom stereocenters. The van der Waals surface area contributed by atoms with Crippen molar-refractivity contribution in [3.8, 4) is 6.07 Å². The van der Waals surface area contributed by atoms with Gasteiger partial charge in [0.25, 0.3) is 0 Å². The van der Waals surface area contributed by atoms with E-state index in [-0.39, 0.29) is 11.8 Å². The predicted octanol–water partition coefficient (Wildman–Crippen LogP) is 2.52. The van der Waals surface area contributed by atoms with Crippen LogP contribution < -0.4 is 11.1 Å². The van der Waals surface area contributed by atoms with Crippen LogP contribution in [0.15, 0.2) is 18.2 Å². The number of benzene rings is 1. The molecule has 3 N–H and O–H groups in total. The highest BCUT2D eigenvalue weighted by Crippen LogP contribution is 2.20. The van der Waals surface area contributed by atoms with E-state index in [1.165, 1.54) is 0 Å². The quantitative estimate of drug-likeness (QED) is 0.878. The maximum atomic E-state index is 11.8. The average molecular weight is 266 g/mol. The molecule has 0 aromatic heterocycles. The van der Waals surface area contributed by atoms with Gasteiger partial charge in [0.15, 0.2) is 0 Å². The zero-order chi connectivity index (χ0) is 13.7. The van der Waals surface area contributed by atoms with E-state index in [0.29, 0.717) is 16.3 Å². The first-order chi connectivity index (χ1) is 8.49. The minimum Gasteiger partial charge on any atom is -0.325 e. The lowest BCUT2D eigenvalue weighted by Crippen LogP contribution is -2.40. The lowest BCUT2D eigenvalue weighted by molar-refractivity contribution is -0.118. The predicted molar refractivity (Wildman–Crippen MR) is 72.2 cm³/mol. The van der Waals surface area contributed by atoms with Gasteiger partial charge in [0.05, 0.1) is 16.6 Å². The Morgan fingerprint density at radius 2 is 2.28 bits per heavy atom. The fourth-order valence-corrected chi connectivity index (χ4v) is 1.64. The molecule has 2 atom stereocenters. The molecule has 0 aliphatic rings. The Morgan fingerprint density at radius 1 is 1.61 bits per heavy atom. The molecular weight excluding hydrogens is 250 g/mol.